The molecule has 0 radical (unpaired) electrons. The van der Waals surface area contributed by atoms with Crippen LogP contribution in [0.5, 0.6) is 0 Å². The van der Waals surface area contributed by atoms with Crippen molar-refractivity contribution in [1.29, 1.82) is 0 Å². The summed E-state index contributed by atoms with van der Waals surface area (Å²) in [6, 6.07) is 0. The predicted molar refractivity (Wildman–Crippen MR) is 86.2 cm³/mol. The summed E-state index contributed by atoms with van der Waals surface area (Å²) in [5, 5.41) is 3.18. The maximum absolute atomic E-state index is 4.77. The first-order chi connectivity index (χ1) is 8.25. The minimum atomic E-state index is 0.0532. The third-order valence-electron chi connectivity index (χ3n) is 2.79. The second-order valence-corrected chi connectivity index (χ2v) is 7.16. The molecule has 102 valence electrons. The van der Waals surface area contributed by atoms with Crippen molar-refractivity contribution in [2.24, 2.45) is 5.92 Å². The van der Waals surface area contributed by atoms with Gasteiger partial charge in [0.25, 0.3) is 0 Å². The molecule has 0 unspecified atom stereocenters. The van der Waals surface area contributed by atoms with Crippen LogP contribution in [0.15, 0.2) is 0 Å². The van der Waals surface area contributed by atoms with Crippen molar-refractivity contribution >= 4 is 28.4 Å². The van der Waals surface area contributed by atoms with Gasteiger partial charge in [0.05, 0.1) is 9.26 Å². The van der Waals surface area contributed by atoms with Gasteiger partial charge in [0.1, 0.15) is 11.6 Å². The summed E-state index contributed by atoms with van der Waals surface area (Å²) in [5.74, 6) is 2.59. The van der Waals surface area contributed by atoms with Crippen LogP contribution in [0.2, 0.25) is 0 Å². The van der Waals surface area contributed by atoms with Crippen LogP contribution in [0, 0.1) is 9.49 Å². The lowest BCUT2D eigenvalue weighted by molar-refractivity contribution is 0.543. The fraction of sp³-hybridized carbons (Fsp3) is 0.714. The molecule has 0 aliphatic rings. The van der Waals surface area contributed by atoms with Gasteiger partial charge >= 0.3 is 0 Å². The van der Waals surface area contributed by atoms with Crippen molar-refractivity contribution in [3.63, 3.8) is 0 Å². The Bertz CT molecular complexity index is 408. The van der Waals surface area contributed by atoms with Crippen LogP contribution < -0.4 is 5.32 Å². The molecule has 0 spiro atoms. The number of nitrogens with zero attached hydrogens (tertiary/aromatic N) is 2. The largest absolute Gasteiger partial charge is 0.372 e. The lowest BCUT2D eigenvalue weighted by Gasteiger charge is -2.21. The zero-order valence-corrected chi connectivity index (χ0v) is 14.4. The van der Waals surface area contributed by atoms with Gasteiger partial charge in [-0.3, -0.25) is 0 Å². The molecular formula is C14H24IN3. The highest BCUT2D eigenvalue weighted by Gasteiger charge is 2.22. The fourth-order valence-electron chi connectivity index (χ4n) is 1.69. The number of hydrogen-bond acceptors (Lipinski definition) is 3. The molecule has 1 heterocycles. The monoisotopic (exact) mass is 361 g/mol. The molecule has 1 aromatic rings. The Morgan fingerprint density at radius 1 is 1.22 bits per heavy atom. The molecule has 1 N–H and O–H groups in total. The van der Waals surface area contributed by atoms with Crippen LogP contribution in [0.4, 0.5) is 5.82 Å². The Kier molecular flexibility index (Phi) is 5.37. The summed E-state index contributed by atoms with van der Waals surface area (Å²) in [6.07, 6.45) is 2.08. The maximum atomic E-state index is 4.77. The molecule has 3 nitrogen and oxygen atoms in total. The highest BCUT2D eigenvalue weighted by molar-refractivity contribution is 14.1. The van der Waals surface area contributed by atoms with E-state index in [1.165, 1.54) is 0 Å². The molecule has 0 saturated carbocycles. The molecule has 0 aliphatic heterocycles. The standard InChI is InChI=1S/C14H24IN3/c1-9(2)7-8-10-17-12(14(3,4)5)11(15)13(16-6)18-10/h9H,7-8H2,1-6H3,(H,16,17,18). The molecule has 0 aromatic carbocycles. The smallest absolute Gasteiger partial charge is 0.143 e. The van der Waals surface area contributed by atoms with E-state index in [4.69, 9.17) is 4.98 Å². The summed E-state index contributed by atoms with van der Waals surface area (Å²) in [7, 11) is 1.92. The number of anilines is 1. The molecule has 0 fully saturated rings. The average Bonchev–Trinajstić information content (AvgIpc) is 2.25. The zero-order valence-electron chi connectivity index (χ0n) is 12.3. The Balaban J connectivity index is 3.14. The number of aryl methyl sites for hydroxylation is 1. The zero-order chi connectivity index (χ0) is 13.9. The Morgan fingerprint density at radius 3 is 2.28 bits per heavy atom. The van der Waals surface area contributed by atoms with Crippen molar-refractivity contribution in [1.82, 2.24) is 9.97 Å². The topological polar surface area (TPSA) is 37.8 Å². The molecule has 18 heavy (non-hydrogen) atoms. The normalized spacial score (nSPS) is 12.0. The third-order valence-corrected chi connectivity index (χ3v) is 3.81. The molecule has 0 atom stereocenters. The summed E-state index contributed by atoms with van der Waals surface area (Å²) >= 11 is 2.34. The van der Waals surface area contributed by atoms with Gasteiger partial charge in [0.2, 0.25) is 0 Å². The lowest BCUT2D eigenvalue weighted by Crippen LogP contribution is -2.19. The summed E-state index contributed by atoms with van der Waals surface area (Å²) in [5.41, 5.74) is 1.19. The minimum absolute atomic E-state index is 0.0532. The average molecular weight is 361 g/mol. The number of rotatable bonds is 4. The summed E-state index contributed by atoms with van der Waals surface area (Å²) in [6.45, 7) is 11.1. The Labute approximate surface area is 124 Å². The van der Waals surface area contributed by atoms with E-state index in [1.54, 1.807) is 0 Å². The van der Waals surface area contributed by atoms with Gasteiger partial charge in [-0.05, 0) is 34.9 Å². The highest BCUT2D eigenvalue weighted by Crippen LogP contribution is 2.29. The number of aromatic nitrogens is 2. The first-order valence-electron chi connectivity index (χ1n) is 6.50. The summed E-state index contributed by atoms with van der Waals surface area (Å²) < 4.78 is 1.14. The van der Waals surface area contributed by atoms with E-state index in [1.807, 2.05) is 7.05 Å². The van der Waals surface area contributed by atoms with Gasteiger partial charge in [-0.15, -0.1) is 0 Å². The number of halogens is 1. The molecule has 1 rings (SSSR count). The molecule has 4 heteroatoms. The van der Waals surface area contributed by atoms with E-state index in [0.717, 1.165) is 33.7 Å². The minimum Gasteiger partial charge on any atom is -0.372 e. The number of nitrogens with one attached hydrogen (secondary N) is 1. The van der Waals surface area contributed by atoms with E-state index < -0.39 is 0 Å². The van der Waals surface area contributed by atoms with Gasteiger partial charge < -0.3 is 5.32 Å². The van der Waals surface area contributed by atoms with Gasteiger partial charge in [-0.1, -0.05) is 34.6 Å². The molecule has 0 saturated heterocycles. The van der Waals surface area contributed by atoms with Crippen LogP contribution in [-0.2, 0) is 11.8 Å². The van der Waals surface area contributed by atoms with Crippen LogP contribution in [0.25, 0.3) is 0 Å². The number of hydrogen-bond donors (Lipinski definition) is 1. The SMILES string of the molecule is CNc1nc(CCC(C)C)nc(C(C)(C)C)c1I. The first kappa shape index (κ1) is 15.7. The molecule has 0 bridgehead atoms. The van der Waals surface area contributed by atoms with Gasteiger partial charge in [-0.2, -0.15) is 0 Å². The van der Waals surface area contributed by atoms with Crippen molar-refractivity contribution < 1.29 is 0 Å². The second-order valence-electron chi connectivity index (χ2n) is 6.08. The Morgan fingerprint density at radius 2 is 1.83 bits per heavy atom. The molecule has 0 aliphatic carbocycles. The fourth-order valence-corrected chi connectivity index (χ4v) is 3.01. The van der Waals surface area contributed by atoms with Crippen molar-refractivity contribution in [2.75, 3.05) is 12.4 Å². The highest BCUT2D eigenvalue weighted by atomic mass is 127. The quantitative estimate of drug-likeness (QED) is 0.824. The van der Waals surface area contributed by atoms with E-state index in [2.05, 4.69) is 67.5 Å². The first-order valence-corrected chi connectivity index (χ1v) is 7.58. The van der Waals surface area contributed by atoms with Crippen LogP contribution >= 0.6 is 22.6 Å². The molecule has 0 amide bonds. The maximum Gasteiger partial charge on any atom is 0.143 e. The van der Waals surface area contributed by atoms with Gasteiger partial charge in [0, 0.05) is 18.9 Å². The second kappa shape index (κ2) is 6.17. The van der Waals surface area contributed by atoms with Crippen LogP contribution in [0.1, 0.15) is 52.6 Å². The van der Waals surface area contributed by atoms with E-state index >= 15 is 0 Å². The van der Waals surface area contributed by atoms with E-state index in [0.29, 0.717) is 5.92 Å². The van der Waals surface area contributed by atoms with Crippen LogP contribution in [0.3, 0.4) is 0 Å². The third kappa shape index (κ3) is 4.07. The van der Waals surface area contributed by atoms with E-state index in [9.17, 15) is 0 Å². The predicted octanol–water partition coefficient (Wildman–Crippen LogP) is 4.01. The van der Waals surface area contributed by atoms with Crippen molar-refractivity contribution in [3.05, 3.63) is 15.1 Å². The molecular weight excluding hydrogens is 337 g/mol. The van der Waals surface area contributed by atoms with Crippen molar-refractivity contribution in [2.45, 2.75) is 52.9 Å². The molecule has 1 aromatic heterocycles. The van der Waals surface area contributed by atoms with Crippen molar-refractivity contribution in [3.8, 4) is 0 Å². The van der Waals surface area contributed by atoms with E-state index in [-0.39, 0.29) is 5.41 Å². The van der Waals surface area contributed by atoms with Crippen LogP contribution in [-0.4, -0.2) is 17.0 Å². The Hall–Kier alpha value is -0.390. The van der Waals surface area contributed by atoms with Gasteiger partial charge in [0.15, 0.2) is 0 Å². The van der Waals surface area contributed by atoms with Gasteiger partial charge in [-0.25, -0.2) is 9.97 Å². The summed E-state index contributed by atoms with van der Waals surface area (Å²) in [4.78, 5) is 9.37. The lowest BCUT2D eigenvalue weighted by atomic mass is 9.91.